The average Bonchev–Trinajstić information content (AvgIpc) is 2.99. The van der Waals surface area contributed by atoms with Crippen molar-refractivity contribution < 1.29 is 9.53 Å². The molecule has 22 heavy (non-hydrogen) atoms. The van der Waals surface area contributed by atoms with Crippen LogP contribution in [0.15, 0.2) is 60.7 Å². The third-order valence-corrected chi connectivity index (χ3v) is 4.31. The summed E-state index contributed by atoms with van der Waals surface area (Å²) in [4.78, 5) is 12.5. The zero-order chi connectivity index (χ0) is 14.9. The van der Waals surface area contributed by atoms with Gasteiger partial charge >= 0.3 is 5.97 Å². The maximum atomic E-state index is 12.5. The highest BCUT2D eigenvalue weighted by Gasteiger charge is 2.19. The molecule has 3 aromatic rings. The van der Waals surface area contributed by atoms with Gasteiger partial charge in [0.05, 0.1) is 5.56 Å². The fourth-order valence-electron chi connectivity index (χ4n) is 3.23. The minimum absolute atomic E-state index is 0.251. The number of carbonyl (C=O) groups is 1. The number of hydrogen-bond acceptors (Lipinski definition) is 2. The number of benzene rings is 3. The molecule has 0 radical (unpaired) electrons. The van der Waals surface area contributed by atoms with Crippen molar-refractivity contribution in [1.29, 1.82) is 0 Å². The Hall–Kier alpha value is -2.61. The van der Waals surface area contributed by atoms with Crippen LogP contribution in [0.2, 0.25) is 0 Å². The van der Waals surface area contributed by atoms with Gasteiger partial charge in [-0.3, -0.25) is 0 Å². The van der Waals surface area contributed by atoms with Crippen LogP contribution in [0.5, 0.6) is 0 Å². The Kier molecular flexibility index (Phi) is 3.15. The summed E-state index contributed by atoms with van der Waals surface area (Å²) in [7, 11) is 0. The standard InChI is InChI=1S/C20H16O2/c21-20(22-13-14-5-2-1-3-6-14)18-12-11-16-10-9-15-7-4-8-17(18)19(15)16/h1-8,11-12H,9-10,13H2. The summed E-state index contributed by atoms with van der Waals surface area (Å²) in [5.74, 6) is -0.251. The summed E-state index contributed by atoms with van der Waals surface area (Å²) < 4.78 is 5.48. The van der Waals surface area contributed by atoms with E-state index in [1.165, 1.54) is 16.5 Å². The van der Waals surface area contributed by atoms with Crippen molar-refractivity contribution in [2.75, 3.05) is 0 Å². The summed E-state index contributed by atoms with van der Waals surface area (Å²) in [5.41, 5.74) is 4.34. The van der Waals surface area contributed by atoms with Crippen LogP contribution in [-0.4, -0.2) is 5.97 Å². The summed E-state index contributed by atoms with van der Waals surface area (Å²) in [5, 5.41) is 2.27. The zero-order valence-corrected chi connectivity index (χ0v) is 12.2. The van der Waals surface area contributed by atoms with Gasteiger partial charge in [-0.1, -0.05) is 54.6 Å². The van der Waals surface area contributed by atoms with Crippen LogP contribution < -0.4 is 0 Å². The molecule has 4 rings (SSSR count). The van der Waals surface area contributed by atoms with E-state index < -0.39 is 0 Å². The Morgan fingerprint density at radius 1 is 0.864 bits per heavy atom. The molecule has 0 bridgehead atoms. The molecule has 0 amide bonds. The van der Waals surface area contributed by atoms with Crippen molar-refractivity contribution in [3.05, 3.63) is 82.9 Å². The fourth-order valence-corrected chi connectivity index (χ4v) is 3.23. The quantitative estimate of drug-likeness (QED) is 0.672. The van der Waals surface area contributed by atoms with Crippen LogP contribution in [0.4, 0.5) is 0 Å². The van der Waals surface area contributed by atoms with Crippen LogP contribution in [-0.2, 0) is 24.2 Å². The Balaban J connectivity index is 1.66. The van der Waals surface area contributed by atoms with Gasteiger partial charge in [-0.05, 0) is 46.4 Å². The van der Waals surface area contributed by atoms with Crippen LogP contribution >= 0.6 is 0 Å². The molecule has 1 aliphatic rings. The first-order chi connectivity index (χ1) is 10.8. The molecular weight excluding hydrogens is 272 g/mol. The molecule has 0 aliphatic heterocycles. The maximum Gasteiger partial charge on any atom is 0.339 e. The van der Waals surface area contributed by atoms with Gasteiger partial charge in [0, 0.05) is 0 Å². The molecule has 0 atom stereocenters. The molecule has 0 unspecified atom stereocenters. The van der Waals surface area contributed by atoms with Crippen LogP contribution in [0.1, 0.15) is 27.0 Å². The Labute approximate surface area is 129 Å². The summed E-state index contributed by atoms with van der Waals surface area (Å²) in [6.07, 6.45) is 2.13. The van der Waals surface area contributed by atoms with Gasteiger partial charge in [-0.15, -0.1) is 0 Å². The molecule has 0 fully saturated rings. The van der Waals surface area contributed by atoms with E-state index in [1.807, 2.05) is 48.5 Å². The normalized spacial score (nSPS) is 12.5. The monoisotopic (exact) mass is 288 g/mol. The van der Waals surface area contributed by atoms with Crippen molar-refractivity contribution in [3.63, 3.8) is 0 Å². The first kappa shape index (κ1) is 13.1. The van der Waals surface area contributed by atoms with Crippen molar-refractivity contribution in [3.8, 4) is 0 Å². The molecule has 2 heteroatoms. The number of ether oxygens (including phenoxy) is 1. The number of carbonyl (C=O) groups excluding carboxylic acids is 1. The van der Waals surface area contributed by atoms with E-state index in [4.69, 9.17) is 4.74 Å². The smallest absolute Gasteiger partial charge is 0.339 e. The molecule has 0 saturated heterocycles. The van der Waals surface area contributed by atoms with E-state index in [1.54, 1.807) is 0 Å². The topological polar surface area (TPSA) is 26.3 Å². The van der Waals surface area contributed by atoms with Crippen molar-refractivity contribution in [2.24, 2.45) is 0 Å². The first-order valence-electron chi connectivity index (χ1n) is 7.57. The third kappa shape index (κ3) is 2.17. The molecule has 0 spiro atoms. The van der Waals surface area contributed by atoms with Gasteiger partial charge in [0.1, 0.15) is 6.61 Å². The molecule has 108 valence electrons. The largest absolute Gasteiger partial charge is 0.457 e. The van der Waals surface area contributed by atoms with Crippen LogP contribution in [0.3, 0.4) is 0 Å². The van der Waals surface area contributed by atoms with Gasteiger partial charge in [-0.2, -0.15) is 0 Å². The molecule has 1 aliphatic carbocycles. The molecule has 0 aromatic heterocycles. The van der Waals surface area contributed by atoms with Gasteiger partial charge in [0.25, 0.3) is 0 Å². The summed E-state index contributed by atoms with van der Waals surface area (Å²) >= 11 is 0. The summed E-state index contributed by atoms with van der Waals surface area (Å²) in [6.45, 7) is 0.308. The second-order valence-corrected chi connectivity index (χ2v) is 5.67. The minimum Gasteiger partial charge on any atom is -0.457 e. The second kappa shape index (κ2) is 5.30. The lowest BCUT2D eigenvalue weighted by atomic mass is 10.00. The van der Waals surface area contributed by atoms with Gasteiger partial charge in [-0.25, -0.2) is 4.79 Å². The minimum atomic E-state index is -0.251. The predicted molar refractivity (Wildman–Crippen MR) is 86.9 cm³/mol. The Morgan fingerprint density at radius 3 is 2.45 bits per heavy atom. The maximum absolute atomic E-state index is 12.5. The van der Waals surface area contributed by atoms with Crippen LogP contribution in [0.25, 0.3) is 10.8 Å². The fraction of sp³-hybridized carbons (Fsp3) is 0.150. The second-order valence-electron chi connectivity index (χ2n) is 5.67. The highest BCUT2D eigenvalue weighted by Crippen LogP contribution is 2.33. The lowest BCUT2D eigenvalue weighted by molar-refractivity contribution is 0.0475. The molecule has 0 heterocycles. The van der Waals surface area contributed by atoms with Crippen molar-refractivity contribution in [2.45, 2.75) is 19.4 Å². The van der Waals surface area contributed by atoms with Crippen LogP contribution in [0, 0.1) is 0 Å². The van der Waals surface area contributed by atoms with E-state index >= 15 is 0 Å². The molecule has 3 aromatic carbocycles. The van der Waals surface area contributed by atoms with E-state index in [2.05, 4.69) is 12.1 Å². The highest BCUT2D eigenvalue weighted by molar-refractivity contribution is 6.07. The third-order valence-electron chi connectivity index (χ3n) is 4.31. The van der Waals surface area contributed by atoms with E-state index in [0.29, 0.717) is 12.2 Å². The summed E-state index contributed by atoms with van der Waals surface area (Å²) in [6, 6.07) is 19.9. The molecular formula is C20H16O2. The van der Waals surface area contributed by atoms with Gasteiger partial charge in [0.15, 0.2) is 0 Å². The lowest BCUT2D eigenvalue weighted by Crippen LogP contribution is -2.06. The highest BCUT2D eigenvalue weighted by atomic mass is 16.5. The van der Waals surface area contributed by atoms with E-state index in [0.717, 1.165) is 23.8 Å². The molecule has 2 nitrogen and oxygen atoms in total. The van der Waals surface area contributed by atoms with E-state index in [9.17, 15) is 4.79 Å². The van der Waals surface area contributed by atoms with Gasteiger partial charge < -0.3 is 4.74 Å². The molecule has 0 N–H and O–H groups in total. The Bertz CT molecular complexity index is 840. The predicted octanol–water partition coefficient (Wildman–Crippen LogP) is 4.30. The van der Waals surface area contributed by atoms with Crippen molar-refractivity contribution in [1.82, 2.24) is 0 Å². The number of hydrogen-bond donors (Lipinski definition) is 0. The van der Waals surface area contributed by atoms with Crippen molar-refractivity contribution >= 4 is 16.7 Å². The average molecular weight is 288 g/mol. The SMILES string of the molecule is O=C(OCc1ccccc1)c1ccc2c3c(cccc13)CC2. The zero-order valence-electron chi connectivity index (χ0n) is 12.2. The Morgan fingerprint density at radius 2 is 1.64 bits per heavy atom. The number of esters is 1. The lowest BCUT2D eigenvalue weighted by Gasteiger charge is -2.09. The first-order valence-corrected chi connectivity index (χ1v) is 7.57. The number of aryl methyl sites for hydroxylation is 2. The molecule has 0 saturated carbocycles. The van der Waals surface area contributed by atoms with E-state index in [-0.39, 0.29) is 5.97 Å². The number of rotatable bonds is 3. The van der Waals surface area contributed by atoms with Gasteiger partial charge in [0.2, 0.25) is 0 Å².